The van der Waals surface area contributed by atoms with Gasteiger partial charge in [0.05, 0.1) is 18.5 Å². The lowest BCUT2D eigenvalue weighted by Gasteiger charge is -2.18. The van der Waals surface area contributed by atoms with E-state index in [2.05, 4.69) is 5.32 Å². The van der Waals surface area contributed by atoms with Crippen LogP contribution in [0.25, 0.3) is 0 Å². The van der Waals surface area contributed by atoms with Crippen LogP contribution in [-0.4, -0.2) is 17.7 Å². The first-order valence-corrected chi connectivity index (χ1v) is 6.50. The SMILES string of the molecule is CC(=O)N(C(=O)C(=O)NCc1ccco1)c1cccc(N)c1. The molecule has 0 saturated heterocycles. The first-order valence-electron chi connectivity index (χ1n) is 6.50. The Morgan fingerprint density at radius 3 is 2.59 bits per heavy atom. The summed E-state index contributed by atoms with van der Waals surface area (Å²) in [4.78, 5) is 36.6. The average Bonchev–Trinajstić information content (AvgIpc) is 2.97. The third-order valence-electron chi connectivity index (χ3n) is 2.84. The molecule has 114 valence electrons. The fraction of sp³-hybridized carbons (Fsp3) is 0.133. The summed E-state index contributed by atoms with van der Waals surface area (Å²) in [6, 6.07) is 9.50. The van der Waals surface area contributed by atoms with E-state index in [1.807, 2.05) is 0 Å². The van der Waals surface area contributed by atoms with Gasteiger partial charge in [0.1, 0.15) is 5.76 Å². The highest BCUT2D eigenvalue weighted by Crippen LogP contribution is 2.18. The quantitative estimate of drug-likeness (QED) is 0.651. The van der Waals surface area contributed by atoms with Gasteiger partial charge < -0.3 is 15.5 Å². The van der Waals surface area contributed by atoms with E-state index in [0.29, 0.717) is 11.4 Å². The third kappa shape index (κ3) is 3.51. The van der Waals surface area contributed by atoms with Crippen LogP contribution in [0, 0.1) is 0 Å². The van der Waals surface area contributed by atoms with Crippen molar-refractivity contribution in [2.45, 2.75) is 13.5 Å². The number of furan rings is 1. The molecule has 0 aliphatic heterocycles. The number of amides is 3. The Hall–Kier alpha value is -3.09. The number of nitrogens with two attached hydrogens (primary N) is 1. The van der Waals surface area contributed by atoms with Crippen molar-refractivity contribution in [3.63, 3.8) is 0 Å². The largest absolute Gasteiger partial charge is 0.467 e. The molecular weight excluding hydrogens is 286 g/mol. The predicted octanol–water partition coefficient (Wildman–Crippen LogP) is 1.06. The molecule has 2 rings (SSSR count). The zero-order valence-electron chi connectivity index (χ0n) is 11.9. The predicted molar refractivity (Wildman–Crippen MR) is 79.6 cm³/mol. The van der Waals surface area contributed by atoms with Crippen LogP contribution in [0.1, 0.15) is 12.7 Å². The van der Waals surface area contributed by atoms with Gasteiger partial charge in [0.25, 0.3) is 0 Å². The number of benzene rings is 1. The molecule has 0 saturated carbocycles. The Morgan fingerprint density at radius 1 is 1.23 bits per heavy atom. The normalized spacial score (nSPS) is 10.0. The van der Waals surface area contributed by atoms with E-state index in [-0.39, 0.29) is 12.2 Å². The maximum Gasteiger partial charge on any atom is 0.323 e. The minimum absolute atomic E-state index is 0.0558. The molecule has 0 aliphatic rings. The highest BCUT2D eigenvalue weighted by molar-refractivity contribution is 6.45. The molecule has 0 radical (unpaired) electrons. The van der Waals surface area contributed by atoms with E-state index in [1.54, 1.807) is 24.3 Å². The first kappa shape index (κ1) is 15.3. The molecule has 0 unspecified atom stereocenters. The second-order valence-corrected chi connectivity index (χ2v) is 4.52. The van der Waals surface area contributed by atoms with Crippen LogP contribution >= 0.6 is 0 Å². The lowest BCUT2D eigenvalue weighted by Crippen LogP contribution is -2.45. The molecule has 1 aromatic carbocycles. The molecule has 1 heterocycles. The average molecular weight is 301 g/mol. The molecule has 3 N–H and O–H groups in total. The maximum atomic E-state index is 12.2. The summed E-state index contributed by atoms with van der Waals surface area (Å²) in [6.07, 6.45) is 1.46. The van der Waals surface area contributed by atoms with Crippen molar-refractivity contribution in [1.29, 1.82) is 0 Å². The highest BCUT2D eigenvalue weighted by atomic mass is 16.3. The van der Waals surface area contributed by atoms with Gasteiger partial charge in [-0.3, -0.25) is 14.4 Å². The molecule has 7 nitrogen and oxygen atoms in total. The van der Waals surface area contributed by atoms with Crippen LogP contribution < -0.4 is 16.0 Å². The third-order valence-corrected chi connectivity index (χ3v) is 2.84. The Kier molecular flexibility index (Phi) is 4.57. The standard InChI is InChI=1S/C15H15N3O4/c1-10(19)18(12-5-2-4-11(16)8-12)15(21)14(20)17-9-13-6-3-7-22-13/h2-8H,9,16H2,1H3,(H,17,20). The maximum absolute atomic E-state index is 12.2. The number of nitrogens with zero attached hydrogens (tertiary/aromatic N) is 1. The van der Waals surface area contributed by atoms with Crippen LogP contribution in [0.4, 0.5) is 11.4 Å². The molecule has 22 heavy (non-hydrogen) atoms. The molecule has 3 amide bonds. The van der Waals surface area contributed by atoms with Gasteiger partial charge in [0.2, 0.25) is 5.91 Å². The number of nitrogens with one attached hydrogen (secondary N) is 1. The van der Waals surface area contributed by atoms with Crippen molar-refractivity contribution in [2.24, 2.45) is 0 Å². The van der Waals surface area contributed by atoms with Crippen LogP contribution in [0.3, 0.4) is 0 Å². The van der Waals surface area contributed by atoms with Gasteiger partial charge in [-0.25, -0.2) is 4.90 Å². The van der Waals surface area contributed by atoms with Gasteiger partial charge in [-0.15, -0.1) is 0 Å². The lowest BCUT2D eigenvalue weighted by atomic mass is 10.2. The molecule has 0 bridgehead atoms. The van der Waals surface area contributed by atoms with Crippen LogP contribution in [-0.2, 0) is 20.9 Å². The van der Waals surface area contributed by atoms with Crippen molar-refractivity contribution in [3.8, 4) is 0 Å². The summed E-state index contributed by atoms with van der Waals surface area (Å²) in [6.45, 7) is 1.25. The van der Waals surface area contributed by atoms with Crippen molar-refractivity contribution in [2.75, 3.05) is 10.6 Å². The number of hydrogen-bond acceptors (Lipinski definition) is 5. The summed E-state index contributed by atoms with van der Waals surface area (Å²) in [7, 11) is 0. The number of carbonyl (C=O) groups excluding carboxylic acids is 3. The van der Waals surface area contributed by atoms with Crippen molar-refractivity contribution < 1.29 is 18.8 Å². The number of anilines is 2. The van der Waals surface area contributed by atoms with Gasteiger partial charge in [0.15, 0.2) is 0 Å². The zero-order chi connectivity index (χ0) is 16.1. The van der Waals surface area contributed by atoms with Gasteiger partial charge in [0, 0.05) is 12.6 Å². The summed E-state index contributed by atoms with van der Waals surface area (Å²) in [5.74, 6) is -1.97. The van der Waals surface area contributed by atoms with Crippen LogP contribution in [0.2, 0.25) is 0 Å². The Bertz CT molecular complexity index is 695. The van der Waals surface area contributed by atoms with Gasteiger partial charge in [-0.05, 0) is 30.3 Å². The molecule has 0 fully saturated rings. The smallest absolute Gasteiger partial charge is 0.323 e. The van der Waals surface area contributed by atoms with Gasteiger partial charge in [-0.2, -0.15) is 0 Å². The summed E-state index contributed by atoms with van der Waals surface area (Å²) < 4.78 is 5.05. The van der Waals surface area contributed by atoms with E-state index in [1.165, 1.54) is 25.3 Å². The van der Waals surface area contributed by atoms with Gasteiger partial charge in [-0.1, -0.05) is 6.07 Å². The second kappa shape index (κ2) is 6.57. The molecular formula is C15H15N3O4. The Labute approximate surface area is 126 Å². The minimum atomic E-state index is -0.982. The number of nitrogen functional groups attached to an aromatic ring is 1. The molecule has 0 atom stereocenters. The number of imide groups is 1. The number of rotatable bonds is 3. The molecule has 7 heteroatoms. The number of carbonyl (C=O) groups is 3. The summed E-state index contributed by atoms with van der Waals surface area (Å²) in [5.41, 5.74) is 6.26. The molecule has 2 aromatic rings. The van der Waals surface area contributed by atoms with Crippen molar-refractivity contribution in [3.05, 3.63) is 48.4 Å². The molecule has 0 aliphatic carbocycles. The molecule has 0 spiro atoms. The van der Waals surface area contributed by atoms with Crippen LogP contribution in [0.5, 0.6) is 0 Å². The van der Waals surface area contributed by atoms with E-state index in [9.17, 15) is 14.4 Å². The monoisotopic (exact) mass is 301 g/mol. The van der Waals surface area contributed by atoms with Crippen LogP contribution in [0.15, 0.2) is 47.1 Å². The van der Waals surface area contributed by atoms with Crippen molar-refractivity contribution in [1.82, 2.24) is 5.32 Å². The lowest BCUT2D eigenvalue weighted by molar-refractivity contribution is -0.139. The zero-order valence-corrected chi connectivity index (χ0v) is 11.9. The number of hydrogen-bond donors (Lipinski definition) is 2. The minimum Gasteiger partial charge on any atom is -0.467 e. The highest BCUT2D eigenvalue weighted by Gasteiger charge is 2.26. The van der Waals surface area contributed by atoms with E-state index in [0.717, 1.165) is 4.90 Å². The Morgan fingerprint density at radius 2 is 2.00 bits per heavy atom. The van der Waals surface area contributed by atoms with E-state index < -0.39 is 17.7 Å². The second-order valence-electron chi connectivity index (χ2n) is 4.52. The topological polar surface area (TPSA) is 106 Å². The van der Waals surface area contributed by atoms with Crippen molar-refractivity contribution >= 4 is 29.1 Å². The Balaban J connectivity index is 2.12. The fourth-order valence-electron chi connectivity index (χ4n) is 1.86. The van der Waals surface area contributed by atoms with E-state index >= 15 is 0 Å². The fourth-order valence-corrected chi connectivity index (χ4v) is 1.86. The van der Waals surface area contributed by atoms with E-state index in [4.69, 9.17) is 10.2 Å². The van der Waals surface area contributed by atoms with Gasteiger partial charge >= 0.3 is 11.8 Å². The first-order chi connectivity index (χ1) is 10.5. The molecule has 1 aromatic heterocycles. The summed E-state index contributed by atoms with van der Waals surface area (Å²) >= 11 is 0. The summed E-state index contributed by atoms with van der Waals surface area (Å²) in [5, 5.41) is 2.40.